The summed E-state index contributed by atoms with van der Waals surface area (Å²) < 4.78 is 4.69. The van der Waals surface area contributed by atoms with E-state index in [1.54, 1.807) is 12.1 Å². The molecule has 0 aliphatic carbocycles. The van der Waals surface area contributed by atoms with Crippen molar-refractivity contribution in [3.05, 3.63) is 35.4 Å². The molecule has 2 amide bonds. The first kappa shape index (κ1) is 21.6. The van der Waals surface area contributed by atoms with Crippen LogP contribution in [0.4, 0.5) is 0 Å². The third-order valence-electron chi connectivity index (χ3n) is 3.62. The maximum atomic E-state index is 12.0. The molecule has 0 aliphatic heterocycles. The molecule has 1 rings (SSSR count). The van der Waals surface area contributed by atoms with Crippen LogP contribution in [0.25, 0.3) is 0 Å². The maximum absolute atomic E-state index is 12.0. The molecular weight excluding hydrogens is 354 g/mol. The molecule has 1 aromatic carbocycles. The van der Waals surface area contributed by atoms with Gasteiger partial charge in [0.25, 0.3) is 5.91 Å². The molecule has 0 saturated carbocycles. The van der Waals surface area contributed by atoms with Crippen molar-refractivity contribution < 1.29 is 19.1 Å². The van der Waals surface area contributed by atoms with Crippen molar-refractivity contribution in [1.29, 1.82) is 0 Å². The SMILES string of the molecule is CCCCC(NC(=O)CNC(=S)NC(=O)c1ccc(C)cc1)C(=O)OC. The first-order chi connectivity index (χ1) is 12.4. The fraction of sp³-hybridized carbons (Fsp3) is 0.444. The van der Waals surface area contributed by atoms with Gasteiger partial charge in [-0.05, 0) is 37.7 Å². The topological polar surface area (TPSA) is 96.5 Å². The van der Waals surface area contributed by atoms with Gasteiger partial charge in [0.15, 0.2) is 5.11 Å². The van der Waals surface area contributed by atoms with Crippen LogP contribution in [0, 0.1) is 6.92 Å². The number of thiocarbonyl (C=S) groups is 1. The number of methoxy groups -OCH3 is 1. The number of rotatable bonds is 8. The molecule has 0 spiro atoms. The van der Waals surface area contributed by atoms with Crippen LogP contribution >= 0.6 is 12.2 Å². The normalized spacial score (nSPS) is 11.2. The Balaban J connectivity index is 2.44. The van der Waals surface area contributed by atoms with Crippen LogP contribution in [-0.4, -0.2) is 42.6 Å². The molecule has 0 bridgehead atoms. The molecule has 0 aliphatic rings. The van der Waals surface area contributed by atoms with E-state index in [0.717, 1.165) is 18.4 Å². The molecule has 3 N–H and O–H groups in total. The van der Waals surface area contributed by atoms with E-state index >= 15 is 0 Å². The smallest absolute Gasteiger partial charge is 0.328 e. The summed E-state index contributed by atoms with van der Waals surface area (Å²) in [6, 6.07) is 6.33. The van der Waals surface area contributed by atoms with Crippen molar-refractivity contribution in [1.82, 2.24) is 16.0 Å². The van der Waals surface area contributed by atoms with Crippen LogP contribution in [0.2, 0.25) is 0 Å². The van der Waals surface area contributed by atoms with Crippen LogP contribution in [0.5, 0.6) is 0 Å². The van der Waals surface area contributed by atoms with Crippen LogP contribution in [0.1, 0.15) is 42.1 Å². The Bertz CT molecular complexity index is 646. The lowest BCUT2D eigenvalue weighted by Crippen LogP contribution is -2.48. The number of amides is 2. The summed E-state index contributed by atoms with van der Waals surface area (Å²) in [6.07, 6.45) is 2.19. The second-order valence-corrected chi connectivity index (χ2v) is 6.20. The number of carbonyl (C=O) groups excluding carboxylic acids is 3. The molecule has 0 radical (unpaired) electrons. The van der Waals surface area contributed by atoms with E-state index < -0.39 is 17.9 Å². The standard InChI is InChI=1S/C18H25N3O4S/c1-4-5-6-14(17(24)25-3)20-15(22)11-19-18(26)21-16(23)13-9-7-12(2)8-10-13/h7-10,14H,4-6,11H2,1-3H3,(H,20,22)(H2,19,21,23,26). The van der Waals surface area contributed by atoms with Crippen molar-refractivity contribution in [3.8, 4) is 0 Å². The second kappa shape index (κ2) is 11.2. The number of esters is 1. The largest absolute Gasteiger partial charge is 0.467 e. The Morgan fingerprint density at radius 3 is 2.42 bits per heavy atom. The van der Waals surface area contributed by atoms with Crippen molar-refractivity contribution in [3.63, 3.8) is 0 Å². The van der Waals surface area contributed by atoms with Crippen molar-refractivity contribution in [2.24, 2.45) is 0 Å². The first-order valence-electron chi connectivity index (χ1n) is 8.40. The molecule has 142 valence electrons. The number of hydrogen-bond donors (Lipinski definition) is 3. The minimum absolute atomic E-state index is 0.0360. The zero-order valence-corrected chi connectivity index (χ0v) is 16.1. The number of unbranched alkanes of at least 4 members (excludes halogenated alkanes) is 1. The average Bonchev–Trinajstić information content (AvgIpc) is 2.63. The summed E-state index contributed by atoms with van der Waals surface area (Å²) in [7, 11) is 1.28. The molecule has 26 heavy (non-hydrogen) atoms. The van der Waals surface area contributed by atoms with Gasteiger partial charge in [0.2, 0.25) is 5.91 Å². The van der Waals surface area contributed by atoms with Gasteiger partial charge in [-0.3, -0.25) is 14.9 Å². The Morgan fingerprint density at radius 2 is 1.85 bits per heavy atom. The van der Waals surface area contributed by atoms with E-state index in [1.807, 2.05) is 26.0 Å². The van der Waals surface area contributed by atoms with Crippen molar-refractivity contribution in [2.45, 2.75) is 39.2 Å². The summed E-state index contributed by atoms with van der Waals surface area (Å²) in [5, 5.41) is 7.79. The van der Waals surface area contributed by atoms with E-state index in [1.165, 1.54) is 7.11 Å². The summed E-state index contributed by atoms with van der Waals surface area (Å²) in [6.45, 7) is 3.76. The Labute approximate surface area is 158 Å². The highest BCUT2D eigenvalue weighted by Gasteiger charge is 2.20. The van der Waals surface area contributed by atoms with E-state index in [2.05, 4.69) is 20.7 Å². The fourth-order valence-electron chi connectivity index (χ4n) is 2.13. The maximum Gasteiger partial charge on any atom is 0.328 e. The van der Waals surface area contributed by atoms with Gasteiger partial charge in [0.1, 0.15) is 6.04 Å². The molecule has 0 fully saturated rings. The minimum Gasteiger partial charge on any atom is -0.467 e. The molecule has 0 aromatic heterocycles. The van der Waals surface area contributed by atoms with E-state index in [0.29, 0.717) is 12.0 Å². The molecule has 1 unspecified atom stereocenters. The number of nitrogens with one attached hydrogen (secondary N) is 3. The van der Waals surface area contributed by atoms with Gasteiger partial charge >= 0.3 is 5.97 Å². The van der Waals surface area contributed by atoms with E-state index in [-0.39, 0.29) is 17.6 Å². The van der Waals surface area contributed by atoms with Crippen LogP contribution in [0.3, 0.4) is 0 Å². The molecular formula is C18H25N3O4S. The van der Waals surface area contributed by atoms with E-state index in [9.17, 15) is 14.4 Å². The lowest BCUT2D eigenvalue weighted by Gasteiger charge is -2.16. The summed E-state index contributed by atoms with van der Waals surface area (Å²) >= 11 is 5.02. The second-order valence-electron chi connectivity index (χ2n) is 5.79. The lowest BCUT2D eigenvalue weighted by molar-refractivity contribution is -0.145. The molecule has 1 atom stereocenters. The summed E-state index contributed by atoms with van der Waals surface area (Å²) in [5.41, 5.74) is 1.51. The Hall–Kier alpha value is -2.48. The van der Waals surface area contributed by atoms with E-state index in [4.69, 9.17) is 12.2 Å². The monoisotopic (exact) mass is 379 g/mol. The number of carbonyl (C=O) groups is 3. The van der Waals surface area contributed by atoms with Gasteiger partial charge in [-0.15, -0.1) is 0 Å². The lowest BCUT2D eigenvalue weighted by atomic mass is 10.1. The third-order valence-corrected chi connectivity index (χ3v) is 3.86. The number of aryl methyl sites for hydroxylation is 1. The van der Waals surface area contributed by atoms with Crippen LogP contribution in [-0.2, 0) is 14.3 Å². The summed E-state index contributed by atoms with van der Waals surface area (Å²) in [5.74, 6) is -1.26. The zero-order chi connectivity index (χ0) is 19.5. The van der Waals surface area contributed by atoms with Crippen molar-refractivity contribution >= 4 is 35.1 Å². The first-order valence-corrected chi connectivity index (χ1v) is 8.81. The highest BCUT2D eigenvalue weighted by Crippen LogP contribution is 2.03. The molecule has 7 nitrogen and oxygen atoms in total. The highest BCUT2D eigenvalue weighted by molar-refractivity contribution is 7.80. The van der Waals surface area contributed by atoms with Gasteiger partial charge in [-0.25, -0.2) is 4.79 Å². The van der Waals surface area contributed by atoms with Crippen molar-refractivity contribution in [2.75, 3.05) is 13.7 Å². The van der Waals surface area contributed by atoms with Crippen LogP contribution < -0.4 is 16.0 Å². The third kappa shape index (κ3) is 7.60. The van der Waals surface area contributed by atoms with Gasteiger partial charge in [0.05, 0.1) is 13.7 Å². The van der Waals surface area contributed by atoms with Crippen LogP contribution in [0.15, 0.2) is 24.3 Å². The molecule has 8 heteroatoms. The van der Waals surface area contributed by atoms with Gasteiger partial charge in [0, 0.05) is 5.56 Å². The summed E-state index contributed by atoms with van der Waals surface area (Å²) in [4.78, 5) is 35.7. The molecule has 0 saturated heterocycles. The minimum atomic E-state index is -0.690. The van der Waals surface area contributed by atoms with Gasteiger partial charge in [-0.1, -0.05) is 37.5 Å². The molecule has 0 heterocycles. The number of ether oxygens (including phenoxy) is 1. The quantitative estimate of drug-likeness (QED) is 0.467. The Kier molecular flexibility index (Phi) is 9.29. The number of hydrogen-bond acceptors (Lipinski definition) is 5. The van der Waals surface area contributed by atoms with Gasteiger partial charge in [-0.2, -0.15) is 0 Å². The zero-order valence-electron chi connectivity index (χ0n) is 15.3. The van der Waals surface area contributed by atoms with Gasteiger partial charge < -0.3 is 15.4 Å². The number of benzene rings is 1. The average molecular weight is 379 g/mol. The highest BCUT2D eigenvalue weighted by atomic mass is 32.1. The Morgan fingerprint density at radius 1 is 1.19 bits per heavy atom. The predicted molar refractivity (Wildman–Crippen MR) is 103 cm³/mol. The molecule has 1 aromatic rings. The predicted octanol–water partition coefficient (Wildman–Crippen LogP) is 1.45. The fourth-order valence-corrected chi connectivity index (χ4v) is 2.29.